The van der Waals surface area contributed by atoms with E-state index in [1.165, 1.54) is 6.08 Å². The minimum absolute atomic E-state index is 0.0308. The lowest BCUT2D eigenvalue weighted by Crippen LogP contribution is -2.21. The second-order valence-electron chi connectivity index (χ2n) is 6.59. The van der Waals surface area contributed by atoms with Crippen LogP contribution in [0.2, 0.25) is 0 Å². The Hall–Kier alpha value is -2.88. The highest BCUT2D eigenvalue weighted by Crippen LogP contribution is 2.29. The lowest BCUT2D eigenvalue weighted by molar-refractivity contribution is -0.157. The molecule has 2 aromatic carbocycles. The van der Waals surface area contributed by atoms with Crippen molar-refractivity contribution in [3.63, 3.8) is 0 Å². The molecule has 1 aliphatic rings. The van der Waals surface area contributed by atoms with Crippen LogP contribution in [0, 0.1) is 5.92 Å². The van der Waals surface area contributed by atoms with Gasteiger partial charge in [-0.25, -0.2) is 4.79 Å². The molecule has 0 amide bonds. The summed E-state index contributed by atoms with van der Waals surface area (Å²) < 4.78 is 11.4. The highest BCUT2D eigenvalue weighted by atomic mass is 16.6. The third-order valence-electron chi connectivity index (χ3n) is 4.23. The molecule has 0 fully saturated rings. The van der Waals surface area contributed by atoms with Gasteiger partial charge in [0.05, 0.1) is 0 Å². The summed E-state index contributed by atoms with van der Waals surface area (Å²) in [5.74, 6) is 0.313. The summed E-state index contributed by atoms with van der Waals surface area (Å²) in [6, 6.07) is 18.7. The Morgan fingerprint density at radius 3 is 2.35 bits per heavy atom. The van der Waals surface area contributed by atoms with Crippen molar-refractivity contribution >= 4 is 11.8 Å². The molecule has 134 valence electrons. The molecule has 0 saturated heterocycles. The number of hydrogen-bond donors (Lipinski definition) is 0. The zero-order valence-corrected chi connectivity index (χ0v) is 14.8. The van der Waals surface area contributed by atoms with Gasteiger partial charge in [0, 0.05) is 24.5 Å². The van der Waals surface area contributed by atoms with Crippen molar-refractivity contribution in [2.24, 2.45) is 5.92 Å². The van der Waals surface area contributed by atoms with E-state index >= 15 is 0 Å². The highest BCUT2D eigenvalue weighted by Gasteiger charge is 2.27. The molecule has 0 bridgehead atoms. The van der Waals surface area contributed by atoms with Gasteiger partial charge >= 0.3 is 5.97 Å². The summed E-state index contributed by atoms with van der Waals surface area (Å²) in [7, 11) is 0. The van der Waals surface area contributed by atoms with Crippen LogP contribution in [-0.2, 0) is 25.7 Å². The second kappa shape index (κ2) is 8.48. The maximum absolute atomic E-state index is 12.7. The van der Waals surface area contributed by atoms with Crippen LogP contribution < -0.4 is 0 Å². The van der Waals surface area contributed by atoms with Gasteiger partial charge in [-0.1, -0.05) is 67.6 Å². The lowest BCUT2D eigenvalue weighted by Gasteiger charge is -2.24. The van der Waals surface area contributed by atoms with Gasteiger partial charge in [0.2, 0.25) is 6.10 Å². The predicted octanol–water partition coefficient (Wildman–Crippen LogP) is 4.37. The van der Waals surface area contributed by atoms with E-state index in [0.717, 1.165) is 5.56 Å². The SMILES string of the molecule is CC1CC(=O)C=C(OC(C(=O)OCc2ccccc2)c2ccccc2)C1. The number of benzene rings is 2. The molecule has 0 radical (unpaired) electrons. The normalized spacial score (nSPS) is 18.0. The number of carbonyl (C=O) groups is 2. The molecule has 0 heterocycles. The number of ketones is 1. The van der Waals surface area contributed by atoms with Crippen molar-refractivity contribution in [1.29, 1.82) is 0 Å². The number of esters is 1. The third-order valence-corrected chi connectivity index (χ3v) is 4.23. The molecule has 0 saturated carbocycles. The van der Waals surface area contributed by atoms with E-state index < -0.39 is 12.1 Å². The number of carbonyl (C=O) groups excluding carboxylic acids is 2. The molecule has 4 nitrogen and oxygen atoms in total. The topological polar surface area (TPSA) is 52.6 Å². The van der Waals surface area contributed by atoms with Crippen LogP contribution in [0.15, 0.2) is 72.5 Å². The summed E-state index contributed by atoms with van der Waals surface area (Å²) >= 11 is 0. The van der Waals surface area contributed by atoms with E-state index in [1.54, 1.807) is 0 Å². The molecule has 2 atom stereocenters. The fraction of sp³-hybridized carbons (Fsp3) is 0.273. The van der Waals surface area contributed by atoms with Crippen LogP contribution in [0.5, 0.6) is 0 Å². The van der Waals surface area contributed by atoms with Crippen molar-refractivity contribution in [3.05, 3.63) is 83.6 Å². The van der Waals surface area contributed by atoms with E-state index in [9.17, 15) is 9.59 Å². The summed E-state index contributed by atoms with van der Waals surface area (Å²) in [6.45, 7) is 2.18. The quantitative estimate of drug-likeness (QED) is 0.726. The summed E-state index contributed by atoms with van der Waals surface area (Å²) in [4.78, 5) is 24.5. The molecule has 4 heteroatoms. The minimum Gasteiger partial charge on any atom is -0.478 e. The Kier molecular flexibility index (Phi) is 5.84. The van der Waals surface area contributed by atoms with Crippen LogP contribution in [0.3, 0.4) is 0 Å². The predicted molar refractivity (Wildman–Crippen MR) is 98.0 cm³/mol. The number of rotatable bonds is 6. The maximum Gasteiger partial charge on any atom is 0.352 e. The van der Waals surface area contributed by atoms with E-state index in [4.69, 9.17) is 9.47 Å². The smallest absolute Gasteiger partial charge is 0.352 e. The van der Waals surface area contributed by atoms with Crippen LogP contribution in [0.25, 0.3) is 0 Å². The zero-order chi connectivity index (χ0) is 18.4. The van der Waals surface area contributed by atoms with Crippen molar-refractivity contribution < 1.29 is 19.1 Å². The van der Waals surface area contributed by atoms with Gasteiger partial charge in [-0.15, -0.1) is 0 Å². The first-order chi connectivity index (χ1) is 12.6. The van der Waals surface area contributed by atoms with Crippen molar-refractivity contribution in [2.75, 3.05) is 0 Å². The monoisotopic (exact) mass is 350 g/mol. The Bertz CT molecular complexity index is 780. The molecule has 0 aliphatic heterocycles. The molecule has 2 aromatic rings. The summed E-state index contributed by atoms with van der Waals surface area (Å²) in [5.41, 5.74) is 1.62. The highest BCUT2D eigenvalue weighted by molar-refractivity contribution is 5.91. The van der Waals surface area contributed by atoms with Crippen LogP contribution in [-0.4, -0.2) is 11.8 Å². The van der Waals surface area contributed by atoms with Gasteiger partial charge in [-0.3, -0.25) is 4.79 Å². The average molecular weight is 350 g/mol. The number of ether oxygens (including phenoxy) is 2. The first kappa shape index (κ1) is 17.9. The largest absolute Gasteiger partial charge is 0.478 e. The Morgan fingerprint density at radius 1 is 1.04 bits per heavy atom. The third kappa shape index (κ3) is 4.82. The van der Waals surface area contributed by atoms with Crippen LogP contribution in [0.1, 0.15) is 37.0 Å². The fourth-order valence-electron chi connectivity index (χ4n) is 2.97. The molecule has 0 N–H and O–H groups in total. The minimum atomic E-state index is -0.885. The van der Waals surface area contributed by atoms with Crippen LogP contribution >= 0.6 is 0 Å². The number of allylic oxidation sites excluding steroid dienone is 2. The van der Waals surface area contributed by atoms with E-state index in [0.29, 0.717) is 24.2 Å². The Morgan fingerprint density at radius 2 is 1.69 bits per heavy atom. The first-order valence-electron chi connectivity index (χ1n) is 8.77. The molecular weight excluding hydrogens is 328 g/mol. The molecule has 0 aromatic heterocycles. The molecule has 0 spiro atoms. The van der Waals surface area contributed by atoms with Crippen molar-refractivity contribution in [3.8, 4) is 0 Å². The lowest BCUT2D eigenvalue weighted by atomic mass is 9.94. The van der Waals surface area contributed by atoms with E-state index in [1.807, 2.05) is 67.6 Å². The molecule has 3 rings (SSSR count). The molecule has 26 heavy (non-hydrogen) atoms. The first-order valence-corrected chi connectivity index (χ1v) is 8.77. The second-order valence-corrected chi connectivity index (χ2v) is 6.59. The maximum atomic E-state index is 12.7. The van der Waals surface area contributed by atoms with Gasteiger partial charge in [0.25, 0.3) is 0 Å². The fourth-order valence-corrected chi connectivity index (χ4v) is 2.97. The number of hydrogen-bond acceptors (Lipinski definition) is 4. The van der Waals surface area contributed by atoms with E-state index in [-0.39, 0.29) is 18.3 Å². The summed E-state index contributed by atoms with van der Waals surface area (Å²) in [5, 5.41) is 0. The average Bonchev–Trinajstić information content (AvgIpc) is 2.65. The Balaban J connectivity index is 1.75. The van der Waals surface area contributed by atoms with Crippen LogP contribution in [0.4, 0.5) is 0 Å². The van der Waals surface area contributed by atoms with Gasteiger partial charge in [0.1, 0.15) is 12.4 Å². The zero-order valence-electron chi connectivity index (χ0n) is 14.8. The summed E-state index contributed by atoms with van der Waals surface area (Å²) in [6.07, 6.45) is 1.77. The van der Waals surface area contributed by atoms with Gasteiger partial charge < -0.3 is 9.47 Å². The van der Waals surface area contributed by atoms with Gasteiger partial charge in [-0.2, -0.15) is 0 Å². The standard InChI is InChI=1S/C22H22O4/c1-16-12-19(23)14-20(13-16)26-21(18-10-6-3-7-11-18)22(24)25-15-17-8-4-2-5-9-17/h2-11,14,16,21H,12-13,15H2,1H3. The van der Waals surface area contributed by atoms with Crippen molar-refractivity contribution in [2.45, 2.75) is 32.5 Å². The van der Waals surface area contributed by atoms with E-state index in [2.05, 4.69) is 0 Å². The van der Waals surface area contributed by atoms with Gasteiger partial charge in [-0.05, 0) is 11.5 Å². The van der Waals surface area contributed by atoms with Crippen molar-refractivity contribution in [1.82, 2.24) is 0 Å². The molecule has 2 unspecified atom stereocenters. The molecular formula is C22H22O4. The molecule has 1 aliphatic carbocycles. The Labute approximate surface area is 153 Å². The van der Waals surface area contributed by atoms with Gasteiger partial charge in [0.15, 0.2) is 5.78 Å².